The Balaban J connectivity index is 2.66. The van der Waals surface area contributed by atoms with Gasteiger partial charge < -0.3 is 5.32 Å². The Morgan fingerprint density at radius 1 is 1.56 bits per heavy atom. The van der Waals surface area contributed by atoms with Crippen molar-refractivity contribution in [3.8, 4) is 0 Å². The monoisotopic (exact) mass is 287 g/mol. The largest absolute Gasteiger partial charge is 0.351 e. The first-order chi connectivity index (χ1) is 7.54. The van der Waals surface area contributed by atoms with Crippen LogP contribution in [0.4, 0.5) is 4.39 Å². The number of carbonyl (C=O) groups excluding carboxylic acids is 1. The van der Waals surface area contributed by atoms with Crippen LogP contribution in [0.5, 0.6) is 0 Å². The van der Waals surface area contributed by atoms with E-state index in [0.717, 1.165) is 6.42 Å². The van der Waals surface area contributed by atoms with Gasteiger partial charge in [0.25, 0.3) is 5.91 Å². The van der Waals surface area contributed by atoms with Crippen LogP contribution in [0.1, 0.15) is 29.3 Å². The van der Waals surface area contributed by atoms with E-state index in [1.807, 2.05) is 6.92 Å². The molecular weight excluding hydrogens is 273 g/mol. The third-order valence-corrected chi connectivity index (χ3v) is 3.33. The van der Waals surface area contributed by atoms with Crippen molar-refractivity contribution in [3.63, 3.8) is 0 Å². The Bertz CT molecular complexity index is 381. The minimum absolute atomic E-state index is 0.157. The molecule has 16 heavy (non-hydrogen) atoms. The molecular formula is C12H15BrFNO. The smallest absolute Gasteiger partial charge is 0.251 e. The van der Waals surface area contributed by atoms with Crippen LogP contribution in [0.2, 0.25) is 0 Å². The summed E-state index contributed by atoms with van der Waals surface area (Å²) in [6.07, 6.45) is 0.947. The highest BCUT2D eigenvalue weighted by Crippen LogP contribution is 2.10. The van der Waals surface area contributed by atoms with Gasteiger partial charge in [0.05, 0.1) is 0 Å². The molecule has 1 aromatic carbocycles. The fourth-order valence-electron chi connectivity index (χ4n) is 1.32. The predicted molar refractivity (Wildman–Crippen MR) is 66.5 cm³/mol. The van der Waals surface area contributed by atoms with E-state index in [9.17, 15) is 9.18 Å². The first-order valence-corrected chi connectivity index (χ1v) is 6.14. The van der Waals surface area contributed by atoms with Crippen LogP contribution in [0, 0.1) is 12.7 Å². The predicted octanol–water partition coefficient (Wildman–Crippen LogP) is 3.04. The van der Waals surface area contributed by atoms with Crippen molar-refractivity contribution in [3.05, 3.63) is 35.1 Å². The Kier molecular flexibility index (Phi) is 4.93. The third kappa shape index (κ3) is 3.59. The summed E-state index contributed by atoms with van der Waals surface area (Å²) in [4.78, 5) is 12.0. The molecule has 0 bridgehead atoms. The third-order valence-electron chi connectivity index (χ3n) is 2.36. The lowest BCUT2D eigenvalue weighted by Gasteiger charge is -2.10. The number of aryl methyl sites for hydroxylation is 1. The van der Waals surface area contributed by atoms with E-state index >= 15 is 0 Å². The van der Waals surface area contributed by atoms with Crippen LogP contribution < -0.4 is 5.32 Å². The van der Waals surface area contributed by atoms with Gasteiger partial charge in [-0.3, -0.25) is 4.79 Å². The summed E-state index contributed by atoms with van der Waals surface area (Å²) < 4.78 is 12.8. The van der Waals surface area contributed by atoms with Crippen molar-refractivity contribution >= 4 is 21.8 Å². The van der Waals surface area contributed by atoms with E-state index in [1.54, 1.807) is 6.92 Å². The number of carbonyl (C=O) groups is 1. The fourth-order valence-corrected chi connectivity index (χ4v) is 1.49. The van der Waals surface area contributed by atoms with Crippen LogP contribution in [0.15, 0.2) is 18.2 Å². The number of halogens is 2. The highest BCUT2D eigenvalue weighted by atomic mass is 79.9. The fraction of sp³-hybridized carbons (Fsp3) is 0.417. The number of amides is 1. The van der Waals surface area contributed by atoms with Gasteiger partial charge in [-0.15, -0.1) is 0 Å². The highest BCUT2D eigenvalue weighted by molar-refractivity contribution is 9.09. The van der Waals surface area contributed by atoms with Gasteiger partial charge in [0.2, 0.25) is 0 Å². The van der Waals surface area contributed by atoms with Crippen molar-refractivity contribution in [2.75, 3.05) is 6.54 Å². The summed E-state index contributed by atoms with van der Waals surface area (Å²) in [6, 6.07) is 4.17. The van der Waals surface area contributed by atoms with Gasteiger partial charge in [-0.2, -0.15) is 0 Å². The van der Waals surface area contributed by atoms with Crippen LogP contribution in [0.3, 0.4) is 0 Å². The number of rotatable bonds is 4. The van der Waals surface area contributed by atoms with E-state index in [0.29, 0.717) is 17.7 Å². The van der Waals surface area contributed by atoms with Crippen molar-refractivity contribution in [1.82, 2.24) is 5.32 Å². The molecule has 1 unspecified atom stereocenters. The summed E-state index contributed by atoms with van der Waals surface area (Å²) in [5.41, 5.74) is 1.18. The molecule has 0 heterocycles. The van der Waals surface area contributed by atoms with Crippen LogP contribution in [-0.4, -0.2) is 17.3 Å². The molecule has 0 aliphatic rings. The van der Waals surface area contributed by atoms with Gasteiger partial charge in [0.1, 0.15) is 5.82 Å². The molecule has 0 saturated carbocycles. The molecule has 0 radical (unpaired) electrons. The number of hydrogen-bond acceptors (Lipinski definition) is 1. The van der Waals surface area contributed by atoms with Crippen LogP contribution in [0.25, 0.3) is 0 Å². The lowest BCUT2D eigenvalue weighted by molar-refractivity contribution is 0.0953. The van der Waals surface area contributed by atoms with Gasteiger partial charge in [-0.25, -0.2) is 4.39 Å². The molecule has 4 heteroatoms. The summed E-state index contributed by atoms with van der Waals surface area (Å²) >= 11 is 3.43. The molecule has 0 spiro atoms. The standard InChI is InChI=1S/C12H15BrFNO/c1-3-9(13)7-15-12(16)11-5-4-10(14)6-8(11)2/h4-6,9H,3,7H2,1-2H3,(H,15,16). The molecule has 1 aromatic rings. The van der Waals surface area contributed by atoms with Gasteiger partial charge in [-0.05, 0) is 37.1 Å². The van der Waals surface area contributed by atoms with E-state index < -0.39 is 0 Å². The molecule has 0 fully saturated rings. The Morgan fingerprint density at radius 3 is 2.81 bits per heavy atom. The minimum Gasteiger partial charge on any atom is -0.351 e. The Labute approximate surface area is 103 Å². The Hall–Kier alpha value is -0.900. The van der Waals surface area contributed by atoms with Gasteiger partial charge in [0, 0.05) is 16.9 Å². The normalized spacial score (nSPS) is 12.2. The topological polar surface area (TPSA) is 29.1 Å². The molecule has 1 N–H and O–H groups in total. The van der Waals surface area contributed by atoms with E-state index in [-0.39, 0.29) is 16.6 Å². The zero-order valence-electron chi connectivity index (χ0n) is 9.39. The number of alkyl halides is 1. The van der Waals surface area contributed by atoms with Crippen molar-refractivity contribution < 1.29 is 9.18 Å². The summed E-state index contributed by atoms with van der Waals surface area (Å²) in [5.74, 6) is -0.476. The molecule has 0 aromatic heterocycles. The maximum Gasteiger partial charge on any atom is 0.251 e. The second kappa shape index (κ2) is 5.99. The van der Waals surface area contributed by atoms with E-state index in [1.165, 1.54) is 18.2 Å². The van der Waals surface area contributed by atoms with Gasteiger partial charge >= 0.3 is 0 Å². The summed E-state index contributed by atoms with van der Waals surface area (Å²) in [6.45, 7) is 4.34. The van der Waals surface area contributed by atoms with Gasteiger partial charge in [-0.1, -0.05) is 22.9 Å². The number of hydrogen-bond donors (Lipinski definition) is 1. The molecule has 0 aliphatic carbocycles. The lowest BCUT2D eigenvalue weighted by atomic mass is 10.1. The molecule has 88 valence electrons. The minimum atomic E-state index is -0.319. The first-order valence-electron chi connectivity index (χ1n) is 5.23. The van der Waals surface area contributed by atoms with Crippen LogP contribution >= 0.6 is 15.9 Å². The molecule has 2 nitrogen and oxygen atoms in total. The zero-order valence-corrected chi connectivity index (χ0v) is 11.0. The summed E-state index contributed by atoms with van der Waals surface area (Å²) in [7, 11) is 0. The van der Waals surface area contributed by atoms with Crippen molar-refractivity contribution in [2.45, 2.75) is 25.1 Å². The average molecular weight is 288 g/mol. The molecule has 0 saturated heterocycles. The molecule has 1 rings (SSSR count). The molecule has 1 atom stereocenters. The van der Waals surface area contributed by atoms with Crippen molar-refractivity contribution in [2.24, 2.45) is 0 Å². The van der Waals surface area contributed by atoms with Crippen molar-refractivity contribution in [1.29, 1.82) is 0 Å². The SMILES string of the molecule is CCC(Br)CNC(=O)c1ccc(F)cc1C. The number of benzene rings is 1. The van der Waals surface area contributed by atoms with Gasteiger partial charge in [0.15, 0.2) is 0 Å². The molecule has 0 aliphatic heterocycles. The Morgan fingerprint density at radius 2 is 2.25 bits per heavy atom. The van der Waals surface area contributed by atoms with E-state index in [4.69, 9.17) is 0 Å². The van der Waals surface area contributed by atoms with E-state index in [2.05, 4.69) is 21.2 Å². The first kappa shape index (κ1) is 13.2. The number of nitrogens with one attached hydrogen (secondary N) is 1. The quantitative estimate of drug-likeness (QED) is 0.848. The average Bonchev–Trinajstić information content (AvgIpc) is 2.25. The maximum atomic E-state index is 12.8. The molecule has 1 amide bonds. The zero-order chi connectivity index (χ0) is 12.1. The second-order valence-corrected chi connectivity index (χ2v) is 4.97. The maximum absolute atomic E-state index is 12.8. The highest BCUT2D eigenvalue weighted by Gasteiger charge is 2.10. The lowest BCUT2D eigenvalue weighted by Crippen LogP contribution is -2.29. The summed E-state index contributed by atoms with van der Waals surface area (Å²) in [5, 5.41) is 2.80. The second-order valence-electron chi connectivity index (χ2n) is 3.67. The van der Waals surface area contributed by atoms with Crippen LogP contribution in [-0.2, 0) is 0 Å².